The van der Waals surface area contributed by atoms with E-state index in [-0.39, 0.29) is 12.2 Å². The lowest BCUT2D eigenvalue weighted by molar-refractivity contribution is -0.148. The Morgan fingerprint density at radius 2 is 1.90 bits per heavy atom. The van der Waals surface area contributed by atoms with E-state index in [0.717, 1.165) is 18.9 Å². The molecule has 0 saturated heterocycles. The van der Waals surface area contributed by atoms with Crippen LogP contribution in [-0.2, 0) is 4.79 Å². The molecule has 0 unspecified atom stereocenters. The van der Waals surface area contributed by atoms with Gasteiger partial charge in [-0.05, 0) is 12.8 Å². The van der Waals surface area contributed by atoms with Gasteiger partial charge in [-0.25, -0.2) is 4.79 Å². The Bertz CT molecular complexity index is 611. The summed E-state index contributed by atoms with van der Waals surface area (Å²) in [4.78, 5) is 49.5. The lowest BCUT2D eigenvalue weighted by Gasteiger charge is -2.23. The third-order valence-electron chi connectivity index (χ3n) is 3.61. The first-order chi connectivity index (χ1) is 9.43. The van der Waals surface area contributed by atoms with Crippen molar-refractivity contribution in [3.05, 3.63) is 32.6 Å². The van der Waals surface area contributed by atoms with Crippen molar-refractivity contribution in [2.45, 2.75) is 25.7 Å². The maximum Gasteiger partial charge on any atom is 0.326 e. The Morgan fingerprint density at radius 3 is 2.45 bits per heavy atom. The molecule has 1 amide bonds. The second-order valence-corrected chi connectivity index (χ2v) is 4.98. The molecule has 0 spiro atoms. The van der Waals surface area contributed by atoms with E-state index < -0.39 is 28.5 Å². The van der Waals surface area contributed by atoms with Gasteiger partial charge in [0.05, 0.1) is 5.41 Å². The number of nitrogens with one attached hydrogen (secondary N) is 3. The summed E-state index contributed by atoms with van der Waals surface area (Å²) in [6, 6.07) is 0.957. The molecule has 1 aromatic heterocycles. The summed E-state index contributed by atoms with van der Waals surface area (Å²) in [7, 11) is 0. The standard InChI is InChI=1S/C12H15N3O5/c16-8-5-7(14-11(20)15-8)9(17)13-6-12(10(18)19)3-1-2-4-12/h5H,1-4,6H2,(H,13,17)(H,18,19)(H2,14,15,16,20). The van der Waals surface area contributed by atoms with E-state index in [2.05, 4.69) is 10.3 Å². The summed E-state index contributed by atoms with van der Waals surface area (Å²) in [6.07, 6.45) is 2.64. The Morgan fingerprint density at radius 1 is 1.25 bits per heavy atom. The molecule has 8 heteroatoms. The molecule has 1 fully saturated rings. The summed E-state index contributed by atoms with van der Waals surface area (Å²) in [5.41, 5.74) is -2.60. The van der Waals surface area contributed by atoms with Crippen molar-refractivity contribution in [1.29, 1.82) is 0 Å². The number of carboxylic acid groups (broad SMARTS) is 1. The average Bonchev–Trinajstić information content (AvgIpc) is 2.84. The van der Waals surface area contributed by atoms with Crippen LogP contribution in [0.4, 0.5) is 0 Å². The van der Waals surface area contributed by atoms with Gasteiger partial charge in [0, 0.05) is 12.6 Å². The molecule has 1 aliphatic rings. The molecule has 1 aliphatic carbocycles. The van der Waals surface area contributed by atoms with Crippen molar-refractivity contribution in [1.82, 2.24) is 15.3 Å². The molecule has 1 aromatic rings. The normalized spacial score (nSPS) is 16.8. The zero-order chi connectivity index (χ0) is 14.8. The topological polar surface area (TPSA) is 132 Å². The highest BCUT2D eigenvalue weighted by Crippen LogP contribution is 2.37. The van der Waals surface area contributed by atoms with Gasteiger partial charge in [-0.2, -0.15) is 0 Å². The smallest absolute Gasteiger partial charge is 0.326 e. The maximum atomic E-state index is 11.8. The number of aliphatic carboxylic acids is 1. The van der Waals surface area contributed by atoms with Crippen LogP contribution >= 0.6 is 0 Å². The van der Waals surface area contributed by atoms with Crippen molar-refractivity contribution in [2.75, 3.05) is 6.54 Å². The Balaban J connectivity index is 2.10. The number of hydrogen-bond donors (Lipinski definition) is 4. The zero-order valence-electron chi connectivity index (χ0n) is 10.7. The van der Waals surface area contributed by atoms with Crippen LogP contribution in [0, 0.1) is 5.41 Å². The van der Waals surface area contributed by atoms with E-state index in [0.29, 0.717) is 12.8 Å². The van der Waals surface area contributed by atoms with Gasteiger partial charge in [-0.1, -0.05) is 12.8 Å². The maximum absolute atomic E-state index is 11.8. The van der Waals surface area contributed by atoms with Crippen molar-refractivity contribution in [2.24, 2.45) is 5.41 Å². The number of amides is 1. The molecule has 4 N–H and O–H groups in total. The number of aromatic nitrogens is 2. The number of carboxylic acids is 1. The van der Waals surface area contributed by atoms with E-state index in [1.165, 1.54) is 0 Å². The van der Waals surface area contributed by atoms with E-state index in [1.54, 1.807) is 0 Å². The first-order valence-corrected chi connectivity index (χ1v) is 6.28. The molecule has 20 heavy (non-hydrogen) atoms. The minimum absolute atomic E-state index is 0.0179. The van der Waals surface area contributed by atoms with Crippen LogP contribution in [0.5, 0.6) is 0 Å². The fraction of sp³-hybridized carbons (Fsp3) is 0.500. The van der Waals surface area contributed by atoms with Crippen LogP contribution in [0.3, 0.4) is 0 Å². The largest absolute Gasteiger partial charge is 0.481 e. The molecule has 8 nitrogen and oxygen atoms in total. The summed E-state index contributed by atoms with van der Waals surface area (Å²) >= 11 is 0. The van der Waals surface area contributed by atoms with Crippen LogP contribution < -0.4 is 16.6 Å². The third kappa shape index (κ3) is 2.79. The van der Waals surface area contributed by atoms with Crippen molar-refractivity contribution in [3.8, 4) is 0 Å². The first-order valence-electron chi connectivity index (χ1n) is 6.28. The number of rotatable bonds is 4. The molecule has 0 radical (unpaired) electrons. The predicted octanol–water partition coefficient (Wildman–Crippen LogP) is -0.562. The first kappa shape index (κ1) is 14.0. The van der Waals surface area contributed by atoms with Gasteiger partial charge in [0.2, 0.25) is 0 Å². The van der Waals surface area contributed by atoms with E-state index in [4.69, 9.17) is 0 Å². The molecular weight excluding hydrogens is 266 g/mol. The number of carbonyl (C=O) groups is 2. The lowest BCUT2D eigenvalue weighted by atomic mass is 9.86. The van der Waals surface area contributed by atoms with Gasteiger partial charge < -0.3 is 15.4 Å². The second kappa shape index (κ2) is 5.32. The van der Waals surface area contributed by atoms with Crippen LogP contribution in [0.1, 0.15) is 36.2 Å². The number of carbonyl (C=O) groups excluding carboxylic acids is 1. The molecule has 0 aromatic carbocycles. The Labute approximate surface area is 113 Å². The summed E-state index contributed by atoms with van der Waals surface area (Å²) < 4.78 is 0. The highest BCUT2D eigenvalue weighted by molar-refractivity contribution is 5.92. The third-order valence-corrected chi connectivity index (χ3v) is 3.61. The minimum Gasteiger partial charge on any atom is -0.481 e. The van der Waals surface area contributed by atoms with E-state index in [1.807, 2.05) is 4.98 Å². The molecule has 0 atom stereocenters. The monoisotopic (exact) mass is 281 g/mol. The van der Waals surface area contributed by atoms with Gasteiger partial charge in [0.15, 0.2) is 0 Å². The molecule has 108 valence electrons. The second-order valence-electron chi connectivity index (χ2n) is 4.98. The quantitative estimate of drug-likeness (QED) is 0.587. The van der Waals surface area contributed by atoms with E-state index in [9.17, 15) is 24.3 Å². The SMILES string of the molecule is O=C(NCC1(C(=O)O)CCCC1)c1cc(=O)[nH]c(=O)[nH]1. The Hall–Kier alpha value is -2.38. The fourth-order valence-electron chi connectivity index (χ4n) is 2.45. The van der Waals surface area contributed by atoms with Crippen molar-refractivity contribution >= 4 is 11.9 Å². The average molecular weight is 281 g/mol. The van der Waals surface area contributed by atoms with Gasteiger partial charge in [0.25, 0.3) is 11.5 Å². The lowest BCUT2D eigenvalue weighted by Crippen LogP contribution is -2.42. The number of H-pyrrole nitrogens is 2. The van der Waals surface area contributed by atoms with Crippen molar-refractivity contribution in [3.63, 3.8) is 0 Å². The van der Waals surface area contributed by atoms with Gasteiger partial charge in [-0.3, -0.25) is 19.4 Å². The number of aromatic amines is 2. The van der Waals surface area contributed by atoms with Gasteiger partial charge >= 0.3 is 11.7 Å². The highest BCUT2D eigenvalue weighted by atomic mass is 16.4. The fourth-order valence-corrected chi connectivity index (χ4v) is 2.45. The molecular formula is C12H15N3O5. The summed E-state index contributed by atoms with van der Waals surface area (Å²) in [5.74, 6) is -1.60. The highest BCUT2D eigenvalue weighted by Gasteiger charge is 2.41. The predicted molar refractivity (Wildman–Crippen MR) is 68.6 cm³/mol. The van der Waals surface area contributed by atoms with Crippen LogP contribution in [-0.4, -0.2) is 33.5 Å². The summed E-state index contributed by atoms with van der Waals surface area (Å²) in [6.45, 7) is -0.0179. The summed E-state index contributed by atoms with van der Waals surface area (Å²) in [5, 5.41) is 11.7. The van der Waals surface area contributed by atoms with Gasteiger partial charge in [-0.15, -0.1) is 0 Å². The molecule has 1 heterocycles. The molecule has 1 saturated carbocycles. The van der Waals surface area contributed by atoms with Crippen molar-refractivity contribution < 1.29 is 14.7 Å². The molecule has 2 rings (SSSR count). The Kier molecular flexibility index (Phi) is 3.73. The van der Waals surface area contributed by atoms with Crippen LogP contribution in [0.25, 0.3) is 0 Å². The minimum atomic E-state index is -0.947. The molecule has 0 aliphatic heterocycles. The molecule has 0 bridgehead atoms. The van der Waals surface area contributed by atoms with Crippen LogP contribution in [0.15, 0.2) is 15.7 Å². The number of hydrogen-bond acceptors (Lipinski definition) is 4. The van der Waals surface area contributed by atoms with E-state index >= 15 is 0 Å². The van der Waals surface area contributed by atoms with Crippen LogP contribution in [0.2, 0.25) is 0 Å². The van der Waals surface area contributed by atoms with Gasteiger partial charge in [0.1, 0.15) is 5.69 Å². The zero-order valence-corrected chi connectivity index (χ0v) is 10.7.